The molecular weight excluding hydrogens is 256 g/mol. The van der Waals surface area contributed by atoms with E-state index in [0.29, 0.717) is 0 Å². The number of allylic oxidation sites excluding steroid dienone is 1. The molecule has 19 heavy (non-hydrogen) atoms. The van der Waals surface area contributed by atoms with Crippen molar-refractivity contribution in [1.29, 1.82) is 0 Å². The molecule has 1 aliphatic heterocycles. The zero-order valence-electron chi connectivity index (χ0n) is 11.1. The van der Waals surface area contributed by atoms with Crippen molar-refractivity contribution in [3.05, 3.63) is 47.0 Å². The van der Waals surface area contributed by atoms with Crippen LogP contribution < -0.4 is 0 Å². The molecule has 1 aliphatic carbocycles. The summed E-state index contributed by atoms with van der Waals surface area (Å²) in [6, 6.07) is 9.57. The van der Waals surface area contributed by atoms with Gasteiger partial charge < -0.3 is 4.74 Å². The molecule has 2 nitrogen and oxygen atoms in total. The molecule has 0 amide bonds. The maximum atomic E-state index is 12.6. The molecule has 1 spiro atoms. The Kier molecular flexibility index (Phi) is 3.50. The normalized spacial score (nSPS) is 27.0. The summed E-state index contributed by atoms with van der Waals surface area (Å²) >= 11 is 1.86. The van der Waals surface area contributed by atoms with Crippen molar-refractivity contribution in [3.63, 3.8) is 0 Å². The third-order valence-corrected chi connectivity index (χ3v) is 5.49. The maximum Gasteiger partial charge on any atom is 0.189 e. The van der Waals surface area contributed by atoms with Crippen LogP contribution in [0.1, 0.15) is 36.5 Å². The van der Waals surface area contributed by atoms with Crippen LogP contribution in [0.2, 0.25) is 0 Å². The van der Waals surface area contributed by atoms with Gasteiger partial charge >= 0.3 is 0 Å². The van der Waals surface area contributed by atoms with E-state index >= 15 is 0 Å². The van der Waals surface area contributed by atoms with Crippen LogP contribution in [-0.4, -0.2) is 23.1 Å². The van der Waals surface area contributed by atoms with Crippen molar-refractivity contribution in [2.75, 3.05) is 12.4 Å². The van der Waals surface area contributed by atoms with Crippen LogP contribution in [0.4, 0.5) is 0 Å². The maximum absolute atomic E-state index is 12.6. The van der Waals surface area contributed by atoms with Gasteiger partial charge in [0, 0.05) is 16.9 Å². The Hall–Kier alpha value is -1.06. The Morgan fingerprint density at radius 2 is 2.11 bits per heavy atom. The Bertz CT molecular complexity index is 513. The molecule has 0 aromatic heterocycles. The summed E-state index contributed by atoms with van der Waals surface area (Å²) in [4.78, 5) is 12.4. The van der Waals surface area contributed by atoms with E-state index in [9.17, 15) is 4.79 Å². The predicted molar refractivity (Wildman–Crippen MR) is 78.5 cm³/mol. The molecule has 0 bridgehead atoms. The molecule has 0 saturated carbocycles. The lowest BCUT2D eigenvalue weighted by Crippen LogP contribution is -2.31. The minimum Gasteiger partial charge on any atom is -0.360 e. The van der Waals surface area contributed by atoms with E-state index in [2.05, 4.69) is 6.92 Å². The summed E-state index contributed by atoms with van der Waals surface area (Å²) in [7, 11) is 0. The zero-order valence-corrected chi connectivity index (χ0v) is 12.0. The molecule has 0 N–H and O–H groups in total. The topological polar surface area (TPSA) is 26.3 Å². The Balaban J connectivity index is 1.97. The van der Waals surface area contributed by atoms with Crippen molar-refractivity contribution >= 4 is 17.5 Å². The number of thioether (sulfide) groups is 1. The van der Waals surface area contributed by atoms with Crippen molar-refractivity contribution in [1.82, 2.24) is 0 Å². The number of rotatable bonds is 2. The molecule has 1 fully saturated rings. The smallest absolute Gasteiger partial charge is 0.189 e. The molecule has 1 heterocycles. The van der Waals surface area contributed by atoms with Crippen LogP contribution in [0.15, 0.2) is 41.5 Å². The molecule has 2 aliphatic rings. The van der Waals surface area contributed by atoms with Gasteiger partial charge in [-0.1, -0.05) is 30.3 Å². The van der Waals surface area contributed by atoms with Gasteiger partial charge in [-0.3, -0.25) is 4.79 Å². The van der Waals surface area contributed by atoms with Gasteiger partial charge in [-0.2, -0.15) is 0 Å². The molecular formula is C16H18O2S. The summed E-state index contributed by atoms with van der Waals surface area (Å²) in [5, 5.41) is 0. The first-order valence-corrected chi connectivity index (χ1v) is 7.79. The number of benzene rings is 1. The molecule has 3 heteroatoms. The number of hydrogen-bond acceptors (Lipinski definition) is 3. The fourth-order valence-electron chi connectivity index (χ4n) is 2.97. The summed E-state index contributed by atoms with van der Waals surface area (Å²) in [5.74, 6) is 1.21. The molecule has 1 aromatic carbocycles. The number of hydrogen-bond donors (Lipinski definition) is 0. The minimum absolute atomic E-state index is 0.174. The molecule has 1 atom stereocenters. The minimum atomic E-state index is -0.210. The monoisotopic (exact) mass is 274 g/mol. The average Bonchev–Trinajstić information content (AvgIpc) is 2.92. The third-order valence-electron chi connectivity index (χ3n) is 4.02. The Morgan fingerprint density at radius 1 is 1.32 bits per heavy atom. The molecule has 1 aromatic rings. The fraction of sp³-hybridized carbons (Fsp3) is 0.438. The van der Waals surface area contributed by atoms with E-state index in [1.165, 1.54) is 0 Å². The van der Waals surface area contributed by atoms with Gasteiger partial charge in [-0.05, 0) is 31.8 Å². The second kappa shape index (κ2) is 5.14. The van der Waals surface area contributed by atoms with E-state index in [4.69, 9.17) is 4.74 Å². The summed E-state index contributed by atoms with van der Waals surface area (Å²) in [6.45, 7) is 2.88. The SMILES string of the molecule is CC1=C(C(=O)c2ccccc2)CCCC12OCCS2. The highest BCUT2D eigenvalue weighted by molar-refractivity contribution is 8.00. The van der Waals surface area contributed by atoms with Crippen LogP contribution in [-0.2, 0) is 4.74 Å². The van der Waals surface area contributed by atoms with E-state index < -0.39 is 0 Å². The van der Waals surface area contributed by atoms with E-state index in [-0.39, 0.29) is 10.7 Å². The highest BCUT2D eigenvalue weighted by Gasteiger charge is 2.42. The molecule has 1 saturated heterocycles. The first-order valence-electron chi connectivity index (χ1n) is 6.81. The highest BCUT2D eigenvalue weighted by Crippen LogP contribution is 2.48. The van der Waals surface area contributed by atoms with Gasteiger partial charge in [0.2, 0.25) is 0 Å². The zero-order chi connectivity index (χ0) is 13.3. The lowest BCUT2D eigenvalue weighted by molar-refractivity contribution is 0.0643. The second-order valence-electron chi connectivity index (χ2n) is 5.10. The quantitative estimate of drug-likeness (QED) is 0.767. The van der Waals surface area contributed by atoms with Gasteiger partial charge in [0.1, 0.15) is 4.93 Å². The molecule has 3 rings (SSSR count). The predicted octanol–water partition coefficient (Wildman–Crippen LogP) is 3.83. The second-order valence-corrected chi connectivity index (χ2v) is 6.46. The van der Waals surface area contributed by atoms with Gasteiger partial charge in [-0.15, -0.1) is 11.8 Å². The first kappa shape index (κ1) is 12.9. The largest absolute Gasteiger partial charge is 0.360 e. The molecule has 1 unspecified atom stereocenters. The Labute approximate surface area is 118 Å². The third kappa shape index (κ3) is 2.26. The number of Topliss-reactive ketones (excluding diaryl/α,β-unsaturated/α-hetero) is 1. The molecule has 100 valence electrons. The van der Waals surface area contributed by atoms with Gasteiger partial charge in [-0.25, -0.2) is 0 Å². The van der Waals surface area contributed by atoms with Crippen LogP contribution in [0, 0.1) is 0 Å². The van der Waals surface area contributed by atoms with Crippen LogP contribution >= 0.6 is 11.8 Å². The number of carbonyl (C=O) groups is 1. The van der Waals surface area contributed by atoms with Gasteiger partial charge in [0.15, 0.2) is 5.78 Å². The number of carbonyl (C=O) groups excluding carboxylic acids is 1. The number of ketones is 1. The van der Waals surface area contributed by atoms with E-state index in [1.54, 1.807) is 0 Å². The molecule has 0 radical (unpaired) electrons. The van der Waals surface area contributed by atoms with Crippen molar-refractivity contribution < 1.29 is 9.53 Å². The Morgan fingerprint density at radius 3 is 2.79 bits per heavy atom. The summed E-state index contributed by atoms with van der Waals surface area (Å²) in [5.41, 5.74) is 2.90. The average molecular weight is 274 g/mol. The summed E-state index contributed by atoms with van der Waals surface area (Å²) in [6.07, 6.45) is 2.96. The van der Waals surface area contributed by atoms with Crippen molar-refractivity contribution in [2.45, 2.75) is 31.1 Å². The standard InChI is InChI=1S/C16H18O2S/c1-12-14(15(17)13-6-3-2-4-7-13)8-5-9-16(12)18-10-11-19-16/h2-4,6-7H,5,8-11H2,1H3. The van der Waals surface area contributed by atoms with Crippen molar-refractivity contribution in [2.24, 2.45) is 0 Å². The van der Waals surface area contributed by atoms with Crippen LogP contribution in [0.5, 0.6) is 0 Å². The van der Waals surface area contributed by atoms with Gasteiger partial charge in [0.25, 0.3) is 0 Å². The van der Waals surface area contributed by atoms with Crippen molar-refractivity contribution in [3.8, 4) is 0 Å². The number of ether oxygens (including phenoxy) is 1. The fourth-order valence-corrected chi connectivity index (χ4v) is 4.26. The first-order chi connectivity index (χ1) is 9.23. The highest BCUT2D eigenvalue weighted by atomic mass is 32.2. The summed E-state index contributed by atoms with van der Waals surface area (Å²) < 4.78 is 5.96. The van der Waals surface area contributed by atoms with Crippen LogP contribution in [0.3, 0.4) is 0 Å². The lowest BCUT2D eigenvalue weighted by atomic mass is 9.85. The van der Waals surface area contributed by atoms with Crippen LogP contribution in [0.25, 0.3) is 0 Å². The van der Waals surface area contributed by atoms with E-state index in [1.807, 2.05) is 42.1 Å². The van der Waals surface area contributed by atoms with Gasteiger partial charge in [0.05, 0.1) is 6.61 Å². The lowest BCUT2D eigenvalue weighted by Gasteiger charge is -2.34. The van der Waals surface area contributed by atoms with E-state index in [0.717, 1.165) is 48.3 Å².